The van der Waals surface area contributed by atoms with Gasteiger partial charge in [0.25, 0.3) is 0 Å². The first-order valence-electron chi connectivity index (χ1n) is 7.44. The van der Waals surface area contributed by atoms with E-state index in [1.165, 1.54) is 5.56 Å². The van der Waals surface area contributed by atoms with Gasteiger partial charge in [-0.1, -0.05) is 23.7 Å². The minimum atomic E-state index is -0.372. The number of carbonyl (C=O) groups is 1. The lowest BCUT2D eigenvalue weighted by molar-refractivity contribution is -0.118. The third-order valence-corrected chi connectivity index (χ3v) is 4.13. The Balaban J connectivity index is 1.71. The minimum Gasteiger partial charge on any atom is -0.368 e. The van der Waals surface area contributed by atoms with Gasteiger partial charge in [-0.15, -0.1) is 0 Å². The highest BCUT2D eigenvalue weighted by atomic mass is 35.5. The minimum absolute atomic E-state index is 0.133. The van der Waals surface area contributed by atoms with Crippen LogP contribution in [0.25, 0.3) is 0 Å². The molecular weight excluding hydrogens is 300 g/mol. The fraction of sp³-hybridized carbons (Fsp3) is 0.375. The van der Waals surface area contributed by atoms with Crippen molar-refractivity contribution < 1.29 is 4.79 Å². The van der Waals surface area contributed by atoms with Gasteiger partial charge in [-0.25, -0.2) is 0 Å². The molecule has 5 nitrogen and oxygen atoms in total. The largest absolute Gasteiger partial charge is 0.368 e. The van der Waals surface area contributed by atoms with Crippen LogP contribution in [-0.4, -0.2) is 15.7 Å². The van der Waals surface area contributed by atoms with Gasteiger partial charge in [-0.3, -0.25) is 9.48 Å². The molecule has 1 aromatic carbocycles. The number of primary amides is 1. The number of hydrogen-bond donors (Lipinski definition) is 2. The van der Waals surface area contributed by atoms with Crippen molar-refractivity contribution in [2.24, 2.45) is 5.73 Å². The van der Waals surface area contributed by atoms with Crippen LogP contribution in [0, 0.1) is 0 Å². The summed E-state index contributed by atoms with van der Waals surface area (Å²) in [6, 6.07) is 8.04. The zero-order valence-corrected chi connectivity index (χ0v) is 13.0. The summed E-state index contributed by atoms with van der Waals surface area (Å²) >= 11 is 6.01. The van der Waals surface area contributed by atoms with Gasteiger partial charge in [0.1, 0.15) is 6.54 Å². The van der Waals surface area contributed by atoms with E-state index >= 15 is 0 Å². The van der Waals surface area contributed by atoms with Crippen molar-refractivity contribution in [2.45, 2.75) is 38.4 Å². The smallest absolute Gasteiger partial charge is 0.239 e. The molecule has 1 aliphatic rings. The van der Waals surface area contributed by atoms with E-state index in [0.717, 1.165) is 42.1 Å². The Morgan fingerprint density at radius 3 is 3.14 bits per heavy atom. The normalized spacial score (nSPS) is 17.2. The van der Waals surface area contributed by atoms with Gasteiger partial charge in [0.15, 0.2) is 0 Å². The average molecular weight is 319 g/mol. The van der Waals surface area contributed by atoms with E-state index in [4.69, 9.17) is 17.3 Å². The molecule has 3 rings (SSSR count). The average Bonchev–Trinajstić information content (AvgIpc) is 2.87. The highest BCUT2D eigenvalue weighted by Crippen LogP contribution is 2.28. The molecule has 0 fully saturated rings. The van der Waals surface area contributed by atoms with Gasteiger partial charge in [-0.2, -0.15) is 5.10 Å². The zero-order valence-electron chi connectivity index (χ0n) is 12.3. The van der Waals surface area contributed by atoms with Crippen LogP contribution < -0.4 is 11.1 Å². The maximum absolute atomic E-state index is 11.0. The molecule has 116 valence electrons. The number of amides is 1. The molecule has 2 aromatic rings. The summed E-state index contributed by atoms with van der Waals surface area (Å²) in [6.45, 7) is 0.876. The van der Waals surface area contributed by atoms with Crippen LogP contribution in [0.15, 0.2) is 30.5 Å². The Morgan fingerprint density at radius 2 is 2.36 bits per heavy atom. The molecule has 0 unspecified atom stereocenters. The van der Waals surface area contributed by atoms with Gasteiger partial charge < -0.3 is 11.1 Å². The molecule has 1 atom stereocenters. The predicted molar refractivity (Wildman–Crippen MR) is 85.4 cm³/mol. The summed E-state index contributed by atoms with van der Waals surface area (Å²) in [4.78, 5) is 11.0. The topological polar surface area (TPSA) is 72.9 Å². The summed E-state index contributed by atoms with van der Waals surface area (Å²) in [5.74, 6) is -0.372. The van der Waals surface area contributed by atoms with Crippen LogP contribution in [0.3, 0.4) is 0 Å². The molecule has 0 radical (unpaired) electrons. The van der Waals surface area contributed by atoms with Crippen molar-refractivity contribution in [2.75, 3.05) is 0 Å². The first kappa shape index (κ1) is 15.1. The van der Waals surface area contributed by atoms with Crippen molar-refractivity contribution in [3.8, 4) is 0 Å². The first-order chi connectivity index (χ1) is 10.6. The Bertz CT molecular complexity index is 683. The van der Waals surface area contributed by atoms with E-state index < -0.39 is 0 Å². The molecule has 1 heterocycles. The Kier molecular flexibility index (Phi) is 4.45. The Hall–Kier alpha value is -1.85. The summed E-state index contributed by atoms with van der Waals surface area (Å²) in [6.07, 6.45) is 5.10. The van der Waals surface area contributed by atoms with E-state index in [1.54, 1.807) is 4.68 Å². The Morgan fingerprint density at radius 1 is 1.50 bits per heavy atom. The number of nitrogens with zero attached hydrogens (tertiary/aromatic N) is 2. The summed E-state index contributed by atoms with van der Waals surface area (Å²) < 4.78 is 1.65. The highest BCUT2D eigenvalue weighted by molar-refractivity contribution is 6.30. The number of halogens is 1. The Labute approximate surface area is 134 Å². The number of benzene rings is 1. The van der Waals surface area contributed by atoms with Crippen molar-refractivity contribution in [1.82, 2.24) is 15.1 Å². The number of fused-ring (bicyclic) bond motifs is 1. The second-order valence-corrected chi connectivity index (χ2v) is 6.10. The molecule has 22 heavy (non-hydrogen) atoms. The van der Waals surface area contributed by atoms with Crippen LogP contribution in [0.1, 0.15) is 35.7 Å². The maximum Gasteiger partial charge on any atom is 0.239 e. The maximum atomic E-state index is 11.0. The van der Waals surface area contributed by atoms with Crippen molar-refractivity contribution in [3.05, 3.63) is 52.3 Å². The number of carbonyl (C=O) groups excluding carboxylic acids is 1. The van der Waals surface area contributed by atoms with Gasteiger partial charge >= 0.3 is 0 Å². The van der Waals surface area contributed by atoms with E-state index in [-0.39, 0.29) is 18.5 Å². The predicted octanol–water partition coefficient (Wildman–Crippen LogP) is 2.19. The molecule has 0 aliphatic heterocycles. The zero-order chi connectivity index (χ0) is 15.5. The summed E-state index contributed by atoms with van der Waals surface area (Å²) in [5, 5.41) is 8.81. The molecule has 1 aromatic heterocycles. The number of nitrogens with two attached hydrogens (primary N) is 1. The quantitative estimate of drug-likeness (QED) is 0.887. The third-order valence-electron chi connectivity index (χ3n) is 3.90. The van der Waals surface area contributed by atoms with Gasteiger partial charge in [0.2, 0.25) is 5.91 Å². The number of rotatable bonds is 5. The monoisotopic (exact) mass is 318 g/mol. The summed E-state index contributed by atoms with van der Waals surface area (Å²) in [5.41, 5.74) is 8.63. The van der Waals surface area contributed by atoms with E-state index in [0.29, 0.717) is 0 Å². The molecule has 3 N–H and O–H groups in total. The SMILES string of the molecule is NC(=O)Cn1cc2c(n1)[C@H](NCc1cccc(Cl)c1)CCC2. The lowest BCUT2D eigenvalue weighted by atomic mass is 9.93. The van der Waals surface area contributed by atoms with Crippen molar-refractivity contribution in [1.29, 1.82) is 0 Å². The number of nitrogens with one attached hydrogen (secondary N) is 1. The first-order valence-corrected chi connectivity index (χ1v) is 7.82. The van der Waals surface area contributed by atoms with E-state index in [1.807, 2.05) is 30.5 Å². The van der Waals surface area contributed by atoms with Crippen molar-refractivity contribution in [3.63, 3.8) is 0 Å². The summed E-state index contributed by atoms with van der Waals surface area (Å²) in [7, 11) is 0. The highest BCUT2D eigenvalue weighted by Gasteiger charge is 2.23. The van der Waals surface area contributed by atoms with Crippen LogP contribution in [0.5, 0.6) is 0 Å². The van der Waals surface area contributed by atoms with Crippen LogP contribution >= 0.6 is 11.6 Å². The van der Waals surface area contributed by atoms with E-state index in [2.05, 4.69) is 10.4 Å². The fourth-order valence-electron chi connectivity index (χ4n) is 2.92. The molecular formula is C16H19ClN4O. The molecule has 1 aliphatic carbocycles. The number of hydrogen-bond acceptors (Lipinski definition) is 3. The number of aromatic nitrogens is 2. The second-order valence-electron chi connectivity index (χ2n) is 5.66. The van der Waals surface area contributed by atoms with Gasteiger partial charge in [0.05, 0.1) is 11.7 Å². The second kappa shape index (κ2) is 6.50. The van der Waals surface area contributed by atoms with Crippen molar-refractivity contribution >= 4 is 17.5 Å². The number of aryl methyl sites for hydroxylation is 1. The standard InChI is InChI=1S/C16H19ClN4O/c17-13-5-1-3-11(7-13)8-19-14-6-2-4-12-9-21(10-15(18)22)20-16(12)14/h1,3,5,7,9,14,19H,2,4,6,8,10H2,(H2,18,22)/t14-/m1/s1. The molecule has 1 amide bonds. The molecule has 0 bridgehead atoms. The van der Waals surface area contributed by atoms with Crippen LogP contribution in [0.4, 0.5) is 0 Å². The fourth-order valence-corrected chi connectivity index (χ4v) is 3.14. The molecule has 6 heteroatoms. The van der Waals surface area contributed by atoms with Gasteiger partial charge in [-0.05, 0) is 42.5 Å². The van der Waals surface area contributed by atoms with Crippen LogP contribution in [-0.2, 0) is 24.3 Å². The lowest BCUT2D eigenvalue weighted by Crippen LogP contribution is -2.25. The van der Waals surface area contributed by atoms with E-state index in [9.17, 15) is 4.79 Å². The molecule has 0 saturated carbocycles. The molecule has 0 spiro atoms. The van der Waals surface area contributed by atoms with Crippen LogP contribution in [0.2, 0.25) is 5.02 Å². The third kappa shape index (κ3) is 3.48. The van der Waals surface area contributed by atoms with Gasteiger partial charge in [0, 0.05) is 17.8 Å². The lowest BCUT2D eigenvalue weighted by Gasteiger charge is -2.22. The molecule has 0 saturated heterocycles.